The van der Waals surface area contributed by atoms with Crippen LogP contribution in [0.1, 0.15) is 19.3 Å². The van der Waals surface area contributed by atoms with Crippen LogP contribution in [0.3, 0.4) is 0 Å². The molecule has 2 bridgehead atoms. The van der Waals surface area contributed by atoms with Crippen LogP contribution in [0.15, 0.2) is 0 Å². The summed E-state index contributed by atoms with van der Waals surface area (Å²) in [4.78, 5) is 0. The molecule has 1 unspecified atom stereocenters. The Morgan fingerprint density at radius 1 is 1.29 bits per heavy atom. The van der Waals surface area contributed by atoms with E-state index in [0.29, 0.717) is 6.10 Å². The van der Waals surface area contributed by atoms with Crippen LogP contribution in [0.4, 0.5) is 0 Å². The highest BCUT2D eigenvalue weighted by atomic mass is 16.5. The molecule has 1 aliphatic carbocycles. The van der Waals surface area contributed by atoms with Gasteiger partial charge in [-0.3, -0.25) is 0 Å². The summed E-state index contributed by atoms with van der Waals surface area (Å²) in [6.07, 6.45) is 4.81. The van der Waals surface area contributed by atoms with Gasteiger partial charge in [0.05, 0.1) is 6.10 Å². The molecule has 1 heteroatoms. The maximum Gasteiger partial charge on any atom is 0.0578 e. The van der Waals surface area contributed by atoms with Crippen LogP contribution in [0, 0.1) is 5.92 Å². The highest BCUT2D eigenvalue weighted by Crippen LogP contribution is 2.34. The maximum atomic E-state index is 5.35. The van der Waals surface area contributed by atoms with Crippen LogP contribution in [-0.4, -0.2) is 12.7 Å². The average molecular weight is 98.1 g/mol. The van der Waals surface area contributed by atoms with Crippen LogP contribution in [0.5, 0.6) is 0 Å². The molecule has 0 aromatic rings. The van der Waals surface area contributed by atoms with Crippen molar-refractivity contribution in [3.8, 4) is 0 Å². The average Bonchev–Trinajstić information content (AvgIpc) is 2.22. The van der Waals surface area contributed by atoms with E-state index in [9.17, 15) is 0 Å². The summed E-state index contributed by atoms with van der Waals surface area (Å²) in [5.41, 5.74) is 0. The molecule has 0 spiro atoms. The van der Waals surface area contributed by atoms with Gasteiger partial charge in [-0.15, -0.1) is 0 Å². The third-order valence-electron chi connectivity index (χ3n) is 2.06. The van der Waals surface area contributed by atoms with E-state index < -0.39 is 0 Å². The van der Waals surface area contributed by atoms with Crippen molar-refractivity contribution in [3.05, 3.63) is 0 Å². The molecule has 40 valence electrons. The van der Waals surface area contributed by atoms with E-state index >= 15 is 0 Å². The number of hydrogen-bond donors (Lipinski definition) is 0. The van der Waals surface area contributed by atoms with Crippen molar-refractivity contribution in [1.29, 1.82) is 0 Å². The number of hydrogen-bond acceptors (Lipinski definition) is 1. The molecule has 2 fully saturated rings. The fourth-order valence-corrected chi connectivity index (χ4v) is 1.60. The van der Waals surface area contributed by atoms with Crippen LogP contribution < -0.4 is 0 Å². The zero-order valence-electron chi connectivity index (χ0n) is 4.39. The van der Waals surface area contributed by atoms with Crippen LogP contribution in [-0.2, 0) is 4.74 Å². The fraction of sp³-hybridized carbons (Fsp3) is 1.00. The summed E-state index contributed by atoms with van der Waals surface area (Å²) in [5, 5.41) is 0. The van der Waals surface area contributed by atoms with E-state index in [2.05, 4.69) is 0 Å². The standard InChI is InChI=1S/C6H10O/c1-2-6-3-5(1)4-7-6/h5-6H,1-4H2/t5-,6?/m1/s1. The molecule has 0 aromatic heterocycles. The van der Waals surface area contributed by atoms with Crippen molar-refractivity contribution in [2.24, 2.45) is 5.92 Å². The molecule has 2 atom stereocenters. The summed E-state index contributed by atoms with van der Waals surface area (Å²) >= 11 is 0. The Hall–Kier alpha value is -0.0400. The molecule has 1 aliphatic heterocycles. The summed E-state index contributed by atoms with van der Waals surface area (Å²) in [6, 6.07) is 0. The quantitative estimate of drug-likeness (QED) is 0.442. The highest BCUT2D eigenvalue weighted by Gasteiger charge is 2.31. The van der Waals surface area contributed by atoms with Crippen molar-refractivity contribution in [3.63, 3.8) is 0 Å². The first-order valence-electron chi connectivity index (χ1n) is 3.07. The lowest BCUT2D eigenvalue weighted by Gasteiger charge is -2.07. The van der Waals surface area contributed by atoms with Crippen molar-refractivity contribution < 1.29 is 4.74 Å². The van der Waals surface area contributed by atoms with E-state index in [-0.39, 0.29) is 0 Å². The zero-order valence-corrected chi connectivity index (χ0v) is 4.39. The molecule has 1 heterocycles. The number of ether oxygens (including phenoxy) is 1. The largest absolute Gasteiger partial charge is 0.378 e. The zero-order chi connectivity index (χ0) is 4.69. The third kappa shape index (κ3) is 0.480. The summed E-state index contributed by atoms with van der Waals surface area (Å²) in [7, 11) is 0. The predicted molar refractivity (Wildman–Crippen MR) is 27.1 cm³/mol. The lowest BCUT2D eigenvalue weighted by Crippen LogP contribution is -2.05. The summed E-state index contributed by atoms with van der Waals surface area (Å²) < 4.78 is 5.35. The SMILES string of the molecule is C1C[C@H]2COC1C2. The van der Waals surface area contributed by atoms with Crippen molar-refractivity contribution in [2.45, 2.75) is 25.4 Å². The lowest BCUT2D eigenvalue weighted by molar-refractivity contribution is 0.0775. The van der Waals surface area contributed by atoms with Gasteiger partial charge < -0.3 is 4.74 Å². The smallest absolute Gasteiger partial charge is 0.0578 e. The Kier molecular flexibility index (Phi) is 0.680. The Bertz CT molecular complexity index is 62.2. The van der Waals surface area contributed by atoms with Gasteiger partial charge in [0.2, 0.25) is 0 Å². The monoisotopic (exact) mass is 98.1 g/mol. The van der Waals surface area contributed by atoms with E-state index in [4.69, 9.17) is 4.74 Å². The van der Waals surface area contributed by atoms with E-state index in [0.717, 1.165) is 12.5 Å². The molecule has 1 saturated heterocycles. The van der Waals surface area contributed by atoms with Gasteiger partial charge in [0.15, 0.2) is 0 Å². The van der Waals surface area contributed by atoms with E-state index in [1.165, 1.54) is 19.3 Å². The first kappa shape index (κ1) is 3.90. The normalized spacial score (nSPS) is 48.0. The lowest BCUT2D eigenvalue weighted by atomic mass is 10.1. The highest BCUT2D eigenvalue weighted by molar-refractivity contribution is 4.81. The van der Waals surface area contributed by atoms with Crippen LogP contribution in [0.25, 0.3) is 0 Å². The van der Waals surface area contributed by atoms with Gasteiger partial charge in [0.1, 0.15) is 0 Å². The molecule has 1 saturated carbocycles. The second kappa shape index (κ2) is 1.22. The Morgan fingerprint density at radius 2 is 2.29 bits per heavy atom. The molecular formula is C6H10O. The molecule has 2 aliphatic rings. The van der Waals surface area contributed by atoms with E-state index in [1.807, 2.05) is 0 Å². The Labute approximate surface area is 43.7 Å². The van der Waals surface area contributed by atoms with Crippen molar-refractivity contribution in [1.82, 2.24) is 0 Å². The van der Waals surface area contributed by atoms with E-state index in [1.54, 1.807) is 0 Å². The summed E-state index contributed by atoms with van der Waals surface area (Å²) in [6.45, 7) is 1.06. The minimum Gasteiger partial charge on any atom is -0.378 e. The second-order valence-electron chi connectivity index (χ2n) is 2.63. The number of rotatable bonds is 0. The molecule has 0 N–H and O–H groups in total. The van der Waals surface area contributed by atoms with Gasteiger partial charge in [0.25, 0.3) is 0 Å². The molecule has 0 radical (unpaired) electrons. The van der Waals surface area contributed by atoms with Crippen molar-refractivity contribution >= 4 is 0 Å². The van der Waals surface area contributed by atoms with Crippen LogP contribution in [0.2, 0.25) is 0 Å². The van der Waals surface area contributed by atoms with Crippen LogP contribution >= 0.6 is 0 Å². The second-order valence-corrected chi connectivity index (χ2v) is 2.63. The molecule has 1 nitrogen and oxygen atoms in total. The van der Waals surface area contributed by atoms with Gasteiger partial charge in [-0.2, -0.15) is 0 Å². The van der Waals surface area contributed by atoms with Gasteiger partial charge >= 0.3 is 0 Å². The van der Waals surface area contributed by atoms with Gasteiger partial charge in [-0.1, -0.05) is 0 Å². The van der Waals surface area contributed by atoms with Gasteiger partial charge in [0, 0.05) is 6.61 Å². The predicted octanol–water partition coefficient (Wildman–Crippen LogP) is 1.19. The minimum atomic E-state index is 0.671. The molecule has 7 heavy (non-hydrogen) atoms. The first-order chi connectivity index (χ1) is 3.45. The summed E-state index contributed by atoms with van der Waals surface area (Å²) in [5.74, 6) is 0.949. The molecule has 0 aromatic carbocycles. The third-order valence-corrected chi connectivity index (χ3v) is 2.06. The number of fused-ring (bicyclic) bond motifs is 2. The molecular weight excluding hydrogens is 88.1 g/mol. The Morgan fingerprint density at radius 3 is 2.43 bits per heavy atom. The first-order valence-corrected chi connectivity index (χ1v) is 3.07. The Balaban J connectivity index is 2.12. The molecule has 0 amide bonds. The van der Waals surface area contributed by atoms with Gasteiger partial charge in [-0.25, -0.2) is 0 Å². The van der Waals surface area contributed by atoms with Crippen molar-refractivity contribution in [2.75, 3.05) is 6.61 Å². The maximum absolute atomic E-state index is 5.35. The van der Waals surface area contributed by atoms with Gasteiger partial charge in [-0.05, 0) is 25.2 Å². The minimum absolute atomic E-state index is 0.671. The topological polar surface area (TPSA) is 9.23 Å². The molecule has 2 rings (SSSR count). The fourth-order valence-electron chi connectivity index (χ4n) is 1.60.